The summed E-state index contributed by atoms with van der Waals surface area (Å²) in [5, 5.41) is 7.72. The Hall–Kier alpha value is -2.70. The fourth-order valence-corrected chi connectivity index (χ4v) is 2.18. The van der Waals surface area contributed by atoms with Crippen LogP contribution in [0.25, 0.3) is 11.0 Å². The topological polar surface area (TPSA) is 77.6 Å². The summed E-state index contributed by atoms with van der Waals surface area (Å²) < 4.78 is 3.15. The highest BCUT2D eigenvalue weighted by molar-refractivity contribution is 5.72. The van der Waals surface area contributed by atoms with Crippen LogP contribution in [-0.2, 0) is 13.6 Å². The van der Waals surface area contributed by atoms with E-state index >= 15 is 0 Å². The maximum atomic E-state index is 12.4. The van der Waals surface area contributed by atoms with E-state index in [1.165, 1.54) is 0 Å². The number of nitrogens with zero attached hydrogens (tertiary/aromatic N) is 5. The molecule has 0 saturated carbocycles. The summed E-state index contributed by atoms with van der Waals surface area (Å²) in [5.41, 5.74) is 1.45. The molecule has 3 aromatic rings. The molecule has 0 saturated heterocycles. The van der Waals surface area contributed by atoms with Crippen molar-refractivity contribution in [3.8, 4) is 0 Å². The lowest BCUT2D eigenvalue weighted by Gasteiger charge is -2.07. The van der Waals surface area contributed by atoms with Crippen LogP contribution >= 0.6 is 0 Å². The molecule has 3 rings (SSSR count). The first-order valence-electron chi connectivity index (χ1n) is 6.75. The van der Waals surface area contributed by atoms with Gasteiger partial charge in [0.2, 0.25) is 0 Å². The monoisotopic (exact) mass is 284 g/mol. The Morgan fingerprint density at radius 3 is 2.81 bits per heavy atom. The van der Waals surface area contributed by atoms with Crippen LogP contribution in [0.1, 0.15) is 12.5 Å². The lowest BCUT2D eigenvalue weighted by atomic mass is 10.2. The maximum Gasteiger partial charge on any atom is 0.264 e. The lowest BCUT2D eigenvalue weighted by Crippen LogP contribution is -2.21. The first-order chi connectivity index (χ1) is 10.2. The molecule has 0 spiro atoms. The molecule has 108 valence electrons. The number of rotatable bonds is 4. The van der Waals surface area contributed by atoms with Gasteiger partial charge < -0.3 is 5.32 Å². The third-order valence-corrected chi connectivity index (χ3v) is 3.25. The van der Waals surface area contributed by atoms with Crippen LogP contribution < -0.4 is 10.9 Å². The zero-order valence-electron chi connectivity index (χ0n) is 11.9. The molecule has 7 nitrogen and oxygen atoms in total. The molecule has 0 aliphatic rings. The van der Waals surface area contributed by atoms with Crippen molar-refractivity contribution in [3.05, 3.63) is 46.8 Å². The predicted molar refractivity (Wildman–Crippen MR) is 80.3 cm³/mol. The van der Waals surface area contributed by atoms with Crippen molar-refractivity contribution in [1.29, 1.82) is 0 Å². The van der Waals surface area contributed by atoms with E-state index in [4.69, 9.17) is 0 Å². The molecule has 0 aliphatic heterocycles. The number of nitrogens with one attached hydrogen (secondary N) is 1. The van der Waals surface area contributed by atoms with Crippen LogP contribution in [-0.4, -0.2) is 30.9 Å². The second kappa shape index (κ2) is 5.35. The number of hydrogen-bond acceptors (Lipinski definition) is 5. The van der Waals surface area contributed by atoms with Crippen LogP contribution in [0.2, 0.25) is 0 Å². The van der Waals surface area contributed by atoms with Gasteiger partial charge in [-0.15, -0.1) is 0 Å². The highest BCUT2D eigenvalue weighted by Crippen LogP contribution is 2.07. The van der Waals surface area contributed by atoms with Crippen LogP contribution in [0.15, 0.2) is 35.6 Å². The number of aromatic nitrogens is 5. The van der Waals surface area contributed by atoms with Crippen LogP contribution in [0.4, 0.5) is 5.82 Å². The van der Waals surface area contributed by atoms with E-state index in [-0.39, 0.29) is 5.56 Å². The minimum Gasteiger partial charge on any atom is -0.370 e. The van der Waals surface area contributed by atoms with E-state index in [1.807, 2.05) is 19.1 Å². The van der Waals surface area contributed by atoms with E-state index in [9.17, 15) is 4.79 Å². The SMILES string of the molecule is CCNc1ccc(Cn2cnc3c(cnn3C)c2=O)cn1. The maximum absolute atomic E-state index is 12.4. The van der Waals surface area contributed by atoms with Crippen molar-refractivity contribution < 1.29 is 0 Å². The molecule has 3 aromatic heterocycles. The van der Waals surface area contributed by atoms with Crippen LogP contribution in [0.3, 0.4) is 0 Å². The first kappa shape index (κ1) is 13.3. The molecule has 0 aromatic carbocycles. The Balaban J connectivity index is 1.91. The van der Waals surface area contributed by atoms with E-state index in [0.717, 1.165) is 17.9 Å². The van der Waals surface area contributed by atoms with Crippen LogP contribution in [0, 0.1) is 0 Å². The third kappa shape index (κ3) is 2.49. The summed E-state index contributed by atoms with van der Waals surface area (Å²) >= 11 is 0. The number of hydrogen-bond donors (Lipinski definition) is 1. The largest absolute Gasteiger partial charge is 0.370 e. The second-order valence-electron chi connectivity index (χ2n) is 4.77. The van der Waals surface area contributed by atoms with E-state index in [1.54, 1.807) is 35.0 Å². The number of anilines is 1. The van der Waals surface area contributed by atoms with Crippen molar-refractivity contribution in [2.24, 2.45) is 7.05 Å². The molecular formula is C14H16N6O. The highest BCUT2D eigenvalue weighted by atomic mass is 16.1. The molecular weight excluding hydrogens is 268 g/mol. The van der Waals surface area contributed by atoms with Gasteiger partial charge in [-0.1, -0.05) is 6.07 Å². The van der Waals surface area contributed by atoms with Crippen molar-refractivity contribution in [2.75, 3.05) is 11.9 Å². The Morgan fingerprint density at radius 1 is 1.24 bits per heavy atom. The zero-order chi connectivity index (χ0) is 14.8. The molecule has 0 radical (unpaired) electrons. The van der Waals surface area contributed by atoms with Gasteiger partial charge in [0.15, 0.2) is 5.65 Å². The summed E-state index contributed by atoms with van der Waals surface area (Å²) in [6.07, 6.45) is 4.86. The van der Waals surface area contributed by atoms with Gasteiger partial charge in [-0.05, 0) is 18.6 Å². The zero-order valence-corrected chi connectivity index (χ0v) is 11.9. The molecule has 0 amide bonds. The Morgan fingerprint density at radius 2 is 2.10 bits per heavy atom. The molecule has 0 unspecified atom stereocenters. The first-order valence-corrected chi connectivity index (χ1v) is 6.75. The standard InChI is InChI=1S/C14H16N6O/c1-3-15-12-5-4-10(6-16-12)8-20-9-17-13-11(14(20)21)7-18-19(13)2/h4-7,9H,3,8H2,1-2H3,(H,15,16). The van der Waals surface area contributed by atoms with Crippen LogP contribution in [0.5, 0.6) is 0 Å². The fourth-order valence-electron chi connectivity index (χ4n) is 2.18. The van der Waals surface area contributed by atoms with Gasteiger partial charge in [0, 0.05) is 19.8 Å². The van der Waals surface area contributed by atoms with Crippen molar-refractivity contribution in [3.63, 3.8) is 0 Å². The molecule has 0 fully saturated rings. The molecule has 21 heavy (non-hydrogen) atoms. The van der Waals surface area contributed by atoms with Gasteiger partial charge in [-0.2, -0.15) is 5.10 Å². The summed E-state index contributed by atoms with van der Waals surface area (Å²) in [6, 6.07) is 3.85. The predicted octanol–water partition coefficient (Wildman–Crippen LogP) is 1.01. The quantitative estimate of drug-likeness (QED) is 0.773. The lowest BCUT2D eigenvalue weighted by molar-refractivity contribution is 0.735. The Kier molecular flexibility index (Phi) is 3.39. The van der Waals surface area contributed by atoms with Crippen molar-refractivity contribution >= 4 is 16.9 Å². The van der Waals surface area contributed by atoms with Gasteiger partial charge in [-0.3, -0.25) is 14.0 Å². The normalized spacial score (nSPS) is 11.0. The van der Waals surface area contributed by atoms with Gasteiger partial charge in [0.25, 0.3) is 5.56 Å². The molecule has 0 aliphatic carbocycles. The molecule has 3 heterocycles. The average Bonchev–Trinajstić information content (AvgIpc) is 2.86. The van der Waals surface area contributed by atoms with Gasteiger partial charge in [0.1, 0.15) is 17.5 Å². The third-order valence-electron chi connectivity index (χ3n) is 3.25. The van der Waals surface area contributed by atoms with E-state index < -0.39 is 0 Å². The van der Waals surface area contributed by atoms with Crippen molar-refractivity contribution in [1.82, 2.24) is 24.3 Å². The Labute approximate surface area is 121 Å². The van der Waals surface area contributed by atoms with E-state index in [0.29, 0.717) is 17.6 Å². The molecule has 7 heteroatoms. The van der Waals surface area contributed by atoms with Gasteiger partial charge >= 0.3 is 0 Å². The number of pyridine rings is 1. The molecule has 1 N–H and O–H groups in total. The second-order valence-corrected chi connectivity index (χ2v) is 4.77. The minimum atomic E-state index is -0.0936. The Bertz CT molecular complexity index is 818. The van der Waals surface area contributed by atoms with Crippen molar-refractivity contribution in [2.45, 2.75) is 13.5 Å². The molecule has 0 atom stereocenters. The number of fused-ring (bicyclic) bond motifs is 1. The summed E-state index contributed by atoms with van der Waals surface area (Å²) in [5.74, 6) is 0.828. The van der Waals surface area contributed by atoms with Gasteiger partial charge in [0.05, 0.1) is 12.7 Å². The molecule has 0 bridgehead atoms. The minimum absolute atomic E-state index is 0.0936. The van der Waals surface area contributed by atoms with E-state index in [2.05, 4.69) is 20.4 Å². The van der Waals surface area contributed by atoms with Gasteiger partial charge in [-0.25, -0.2) is 9.97 Å². The summed E-state index contributed by atoms with van der Waals surface area (Å²) in [4.78, 5) is 20.9. The summed E-state index contributed by atoms with van der Waals surface area (Å²) in [6.45, 7) is 3.29. The average molecular weight is 284 g/mol. The fraction of sp³-hybridized carbons (Fsp3) is 0.286. The smallest absolute Gasteiger partial charge is 0.264 e. The summed E-state index contributed by atoms with van der Waals surface area (Å²) in [7, 11) is 1.77. The number of aryl methyl sites for hydroxylation is 1. The highest BCUT2D eigenvalue weighted by Gasteiger charge is 2.08.